The monoisotopic (exact) mass is 283 g/mol. The second-order valence-electron chi connectivity index (χ2n) is 6.24. The third kappa shape index (κ3) is 2.39. The van der Waals surface area contributed by atoms with Crippen molar-refractivity contribution in [2.24, 2.45) is 11.8 Å². The Hall–Kier alpha value is -1.65. The van der Waals surface area contributed by atoms with Gasteiger partial charge >= 0.3 is 0 Å². The van der Waals surface area contributed by atoms with Gasteiger partial charge in [0, 0.05) is 18.2 Å². The van der Waals surface area contributed by atoms with Crippen molar-refractivity contribution in [1.29, 1.82) is 0 Å². The number of fused-ring (bicyclic) bond motifs is 1. The molecule has 1 aromatic heterocycles. The van der Waals surface area contributed by atoms with Gasteiger partial charge in [0.1, 0.15) is 0 Å². The normalized spacial score (nSPS) is 28.9. The van der Waals surface area contributed by atoms with Gasteiger partial charge in [-0.05, 0) is 31.8 Å². The maximum absolute atomic E-state index is 5.93. The zero-order chi connectivity index (χ0) is 14.2. The summed E-state index contributed by atoms with van der Waals surface area (Å²) in [6, 6.07) is 10.8. The Morgan fingerprint density at radius 3 is 2.95 bits per heavy atom. The highest BCUT2D eigenvalue weighted by Crippen LogP contribution is 2.33. The van der Waals surface area contributed by atoms with Crippen LogP contribution in [0.1, 0.15) is 12.8 Å². The lowest BCUT2D eigenvalue weighted by Gasteiger charge is -2.22. The second-order valence-corrected chi connectivity index (χ2v) is 6.24. The number of hydrogen-bond acceptors (Lipinski definition) is 4. The van der Waals surface area contributed by atoms with Gasteiger partial charge in [-0.2, -0.15) is 0 Å². The van der Waals surface area contributed by atoms with Crippen LogP contribution in [-0.4, -0.2) is 35.6 Å². The van der Waals surface area contributed by atoms with Crippen molar-refractivity contribution < 1.29 is 4.42 Å². The first-order valence-electron chi connectivity index (χ1n) is 7.76. The lowest BCUT2D eigenvalue weighted by atomic mass is 9.95. The maximum Gasteiger partial charge on any atom is 0.209 e. The molecular formula is C17H21N3O. The van der Waals surface area contributed by atoms with Crippen molar-refractivity contribution in [3.8, 4) is 11.3 Å². The Morgan fingerprint density at radius 2 is 2.14 bits per heavy atom. The van der Waals surface area contributed by atoms with Gasteiger partial charge in [0.15, 0.2) is 5.76 Å². The molecule has 4 nitrogen and oxygen atoms in total. The van der Waals surface area contributed by atoms with E-state index in [0.29, 0.717) is 6.04 Å². The van der Waals surface area contributed by atoms with E-state index in [4.69, 9.17) is 4.42 Å². The van der Waals surface area contributed by atoms with E-state index in [-0.39, 0.29) is 0 Å². The molecule has 0 amide bonds. The quantitative estimate of drug-likeness (QED) is 0.939. The fourth-order valence-corrected chi connectivity index (χ4v) is 3.76. The molecule has 2 aromatic rings. The summed E-state index contributed by atoms with van der Waals surface area (Å²) in [6.07, 6.45) is 1.84. The van der Waals surface area contributed by atoms with E-state index < -0.39 is 0 Å². The molecule has 21 heavy (non-hydrogen) atoms. The van der Waals surface area contributed by atoms with Crippen LogP contribution in [0.4, 0.5) is 0 Å². The Balaban J connectivity index is 1.48. The van der Waals surface area contributed by atoms with Gasteiger partial charge in [-0.25, -0.2) is 4.98 Å². The van der Waals surface area contributed by atoms with Crippen LogP contribution in [0.15, 0.2) is 40.9 Å². The number of hydrogen-bond donors (Lipinski definition) is 1. The summed E-state index contributed by atoms with van der Waals surface area (Å²) < 4.78 is 5.93. The molecular weight excluding hydrogens is 262 g/mol. The fraction of sp³-hybridized carbons (Fsp3) is 0.471. The summed E-state index contributed by atoms with van der Waals surface area (Å²) in [7, 11) is 0. The lowest BCUT2D eigenvalue weighted by Crippen LogP contribution is -2.32. The van der Waals surface area contributed by atoms with Crippen molar-refractivity contribution in [2.75, 3.05) is 19.6 Å². The predicted molar refractivity (Wildman–Crippen MR) is 81.7 cm³/mol. The van der Waals surface area contributed by atoms with Gasteiger partial charge in [-0.3, -0.25) is 4.90 Å². The zero-order valence-electron chi connectivity index (χ0n) is 12.3. The van der Waals surface area contributed by atoms with Gasteiger partial charge in [0.05, 0.1) is 12.7 Å². The minimum atomic E-state index is 0.608. The molecule has 2 fully saturated rings. The van der Waals surface area contributed by atoms with Crippen molar-refractivity contribution in [3.05, 3.63) is 42.4 Å². The highest BCUT2D eigenvalue weighted by atomic mass is 16.4. The molecule has 110 valence electrons. The van der Waals surface area contributed by atoms with Crippen molar-refractivity contribution in [2.45, 2.75) is 19.5 Å². The van der Waals surface area contributed by atoms with E-state index in [9.17, 15) is 0 Å². The first-order valence-corrected chi connectivity index (χ1v) is 7.76. The standard InChI is InChI=1S/C17H21N3O/c1-12-15-8-18-7-14(15)10-20(12)11-17-19-9-16(21-17)13-5-3-2-4-6-13/h2-6,9,12,14-15,18H,7-8,10-11H2,1H3. The third-order valence-electron chi connectivity index (χ3n) is 5.01. The molecule has 3 heterocycles. The summed E-state index contributed by atoms with van der Waals surface area (Å²) in [5, 5.41) is 3.50. The molecule has 2 aliphatic heterocycles. The van der Waals surface area contributed by atoms with Crippen LogP contribution >= 0.6 is 0 Å². The Kier molecular flexibility index (Phi) is 3.28. The topological polar surface area (TPSA) is 41.3 Å². The molecule has 0 saturated carbocycles. The van der Waals surface area contributed by atoms with Gasteiger partial charge in [0.25, 0.3) is 0 Å². The summed E-state index contributed by atoms with van der Waals surface area (Å²) in [4.78, 5) is 6.97. The number of oxazole rings is 1. The molecule has 3 unspecified atom stereocenters. The molecule has 0 aliphatic carbocycles. The highest BCUT2D eigenvalue weighted by molar-refractivity contribution is 5.55. The van der Waals surface area contributed by atoms with Crippen LogP contribution in [0, 0.1) is 11.8 Å². The van der Waals surface area contributed by atoms with Crippen LogP contribution < -0.4 is 5.32 Å². The minimum Gasteiger partial charge on any atom is -0.439 e. The average molecular weight is 283 g/mol. The van der Waals surface area contributed by atoms with Crippen molar-refractivity contribution in [3.63, 3.8) is 0 Å². The summed E-state index contributed by atoms with van der Waals surface area (Å²) in [5.41, 5.74) is 1.09. The molecule has 0 radical (unpaired) electrons. The Bertz CT molecular complexity index is 610. The molecule has 2 aliphatic rings. The van der Waals surface area contributed by atoms with E-state index in [1.807, 2.05) is 24.4 Å². The Morgan fingerprint density at radius 1 is 1.29 bits per heavy atom. The van der Waals surface area contributed by atoms with E-state index in [1.165, 1.54) is 0 Å². The number of nitrogens with one attached hydrogen (secondary N) is 1. The van der Waals surface area contributed by atoms with Gasteiger partial charge < -0.3 is 9.73 Å². The SMILES string of the molecule is CC1C2CNCC2CN1Cc1ncc(-c2ccccc2)o1. The number of aromatic nitrogens is 1. The van der Waals surface area contributed by atoms with E-state index in [2.05, 4.69) is 34.3 Å². The number of nitrogens with zero attached hydrogens (tertiary/aromatic N) is 2. The average Bonchev–Trinajstić information content (AvgIpc) is 3.21. The molecule has 2 saturated heterocycles. The van der Waals surface area contributed by atoms with Gasteiger partial charge in [0.2, 0.25) is 5.89 Å². The maximum atomic E-state index is 5.93. The lowest BCUT2D eigenvalue weighted by molar-refractivity contribution is 0.211. The molecule has 1 aromatic carbocycles. The highest BCUT2D eigenvalue weighted by Gasteiger charge is 2.41. The molecule has 3 atom stereocenters. The predicted octanol–water partition coefficient (Wildman–Crippen LogP) is 2.38. The number of rotatable bonds is 3. The van der Waals surface area contributed by atoms with Gasteiger partial charge in [-0.1, -0.05) is 30.3 Å². The van der Waals surface area contributed by atoms with Crippen LogP contribution in [0.3, 0.4) is 0 Å². The molecule has 4 heteroatoms. The van der Waals surface area contributed by atoms with E-state index in [1.54, 1.807) is 0 Å². The Labute approximate surface area is 125 Å². The zero-order valence-corrected chi connectivity index (χ0v) is 12.3. The summed E-state index contributed by atoms with van der Waals surface area (Å²) in [5.74, 6) is 3.27. The largest absolute Gasteiger partial charge is 0.439 e. The first-order chi connectivity index (χ1) is 10.3. The van der Waals surface area contributed by atoms with Crippen LogP contribution in [0.5, 0.6) is 0 Å². The van der Waals surface area contributed by atoms with Crippen molar-refractivity contribution >= 4 is 0 Å². The first kappa shape index (κ1) is 13.0. The van der Waals surface area contributed by atoms with E-state index >= 15 is 0 Å². The fourth-order valence-electron chi connectivity index (χ4n) is 3.76. The summed E-state index contributed by atoms with van der Waals surface area (Å²) >= 11 is 0. The third-order valence-corrected chi connectivity index (χ3v) is 5.01. The number of likely N-dealkylation sites (tertiary alicyclic amines) is 1. The van der Waals surface area contributed by atoms with Crippen LogP contribution in [-0.2, 0) is 6.54 Å². The molecule has 4 rings (SSSR count). The van der Waals surface area contributed by atoms with Crippen LogP contribution in [0.2, 0.25) is 0 Å². The van der Waals surface area contributed by atoms with Gasteiger partial charge in [-0.15, -0.1) is 0 Å². The smallest absolute Gasteiger partial charge is 0.209 e. The molecule has 0 spiro atoms. The summed E-state index contributed by atoms with van der Waals surface area (Å²) in [6.45, 7) is 6.62. The minimum absolute atomic E-state index is 0.608. The molecule has 0 bridgehead atoms. The molecule has 1 N–H and O–H groups in total. The van der Waals surface area contributed by atoms with Crippen LogP contribution in [0.25, 0.3) is 11.3 Å². The van der Waals surface area contributed by atoms with E-state index in [0.717, 1.165) is 55.2 Å². The second kappa shape index (κ2) is 5.28. The number of benzene rings is 1. The van der Waals surface area contributed by atoms with Crippen molar-refractivity contribution in [1.82, 2.24) is 15.2 Å².